The normalized spacial score (nSPS) is 20.0. The number of amides is 1. The van der Waals surface area contributed by atoms with Crippen molar-refractivity contribution in [3.63, 3.8) is 0 Å². The second-order valence-corrected chi connectivity index (χ2v) is 12.9. The number of aromatic nitrogens is 1. The highest BCUT2D eigenvalue weighted by molar-refractivity contribution is 7.99. The van der Waals surface area contributed by atoms with E-state index in [0.717, 1.165) is 48.4 Å². The molecule has 0 radical (unpaired) electrons. The lowest BCUT2D eigenvalue weighted by Gasteiger charge is -2.40. The fourth-order valence-corrected chi connectivity index (χ4v) is 7.89. The first-order chi connectivity index (χ1) is 21.8. The predicted octanol–water partition coefficient (Wildman–Crippen LogP) is 5.84. The van der Waals surface area contributed by atoms with E-state index < -0.39 is 23.6 Å². The molecule has 6 rings (SSSR count). The molecule has 2 fully saturated rings. The average Bonchev–Trinajstić information content (AvgIpc) is 3.47. The van der Waals surface area contributed by atoms with Gasteiger partial charge in [-0.2, -0.15) is 5.26 Å². The van der Waals surface area contributed by atoms with Crippen LogP contribution in [0.25, 0.3) is 26.9 Å². The van der Waals surface area contributed by atoms with E-state index >= 15 is 4.39 Å². The Morgan fingerprint density at radius 3 is 2.80 bits per heavy atom. The van der Waals surface area contributed by atoms with Gasteiger partial charge in [-0.3, -0.25) is 4.79 Å². The van der Waals surface area contributed by atoms with E-state index in [1.807, 2.05) is 24.1 Å². The number of likely N-dealkylation sites (tertiary alicyclic amines) is 1. The summed E-state index contributed by atoms with van der Waals surface area (Å²) in [7, 11) is 2.03. The van der Waals surface area contributed by atoms with Gasteiger partial charge in [0.15, 0.2) is 11.6 Å². The van der Waals surface area contributed by atoms with Crippen LogP contribution in [0, 0.1) is 23.7 Å². The maximum atomic E-state index is 16.8. The minimum atomic E-state index is -1.09. The fraction of sp³-hybridized carbons (Fsp3) is 0.412. The zero-order valence-corrected chi connectivity index (χ0v) is 26.0. The van der Waals surface area contributed by atoms with Crippen molar-refractivity contribution in [3.05, 3.63) is 71.1 Å². The molecule has 232 valence electrons. The topological polar surface area (TPSA) is 77.1 Å². The van der Waals surface area contributed by atoms with E-state index in [0.29, 0.717) is 23.2 Å². The van der Waals surface area contributed by atoms with Gasteiger partial charge in [0.25, 0.3) is 5.91 Å². The molecule has 2 saturated heterocycles. The van der Waals surface area contributed by atoms with Crippen molar-refractivity contribution in [2.75, 3.05) is 57.0 Å². The van der Waals surface area contributed by atoms with Gasteiger partial charge < -0.3 is 24.3 Å². The van der Waals surface area contributed by atoms with Gasteiger partial charge in [-0.05, 0) is 62.2 Å². The quantitative estimate of drug-likeness (QED) is 0.240. The van der Waals surface area contributed by atoms with Crippen molar-refractivity contribution in [1.29, 1.82) is 5.26 Å². The molecule has 3 aliphatic rings. The number of nitriles is 1. The lowest BCUT2D eigenvalue weighted by atomic mass is 9.97. The summed E-state index contributed by atoms with van der Waals surface area (Å²) in [5.41, 5.74) is 3.14. The van der Waals surface area contributed by atoms with Crippen molar-refractivity contribution in [3.8, 4) is 23.1 Å². The molecule has 0 saturated carbocycles. The van der Waals surface area contributed by atoms with Crippen molar-refractivity contribution in [1.82, 2.24) is 14.8 Å². The van der Waals surface area contributed by atoms with Gasteiger partial charge in [0, 0.05) is 41.5 Å². The van der Waals surface area contributed by atoms with Gasteiger partial charge in [0.1, 0.15) is 29.8 Å². The predicted molar refractivity (Wildman–Crippen MR) is 171 cm³/mol. The summed E-state index contributed by atoms with van der Waals surface area (Å²) in [6.45, 7) is 12.3. The van der Waals surface area contributed by atoms with Crippen LogP contribution in [0.2, 0.25) is 0 Å². The van der Waals surface area contributed by atoms with Crippen LogP contribution < -0.4 is 9.64 Å². The Bertz CT molecular complexity index is 1750. The molecule has 0 spiro atoms. The number of nitrogens with zero attached hydrogens (tertiary/aromatic N) is 6. The Kier molecular flexibility index (Phi) is 8.93. The number of aryl methyl sites for hydroxylation is 1. The van der Waals surface area contributed by atoms with Gasteiger partial charge in [-0.15, -0.1) is 11.8 Å². The molecular formula is C34H34F2N6O2S. The number of likely N-dealkylation sites (N-methyl/N-ethyl adjacent to an activating group) is 1. The summed E-state index contributed by atoms with van der Waals surface area (Å²) in [5, 5.41) is 10.9. The number of piperazine rings is 1. The van der Waals surface area contributed by atoms with Crippen LogP contribution in [-0.4, -0.2) is 84.9 Å². The molecule has 0 aliphatic carbocycles. The Hall–Kier alpha value is -4.19. The monoisotopic (exact) mass is 628 g/mol. The van der Waals surface area contributed by atoms with Crippen LogP contribution in [-0.2, 0) is 11.2 Å². The smallest absolute Gasteiger partial charge is 0.282 e. The Labute approximate surface area is 266 Å². The number of carbonyl (C=O) groups excluding carboxylic acids is 1. The van der Waals surface area contributed by atoms with Crippen LogP contribution in [0.4, 0.5) is 14.5 Å². The molecule has 0 bridgehead atoms. The third kappa shape index (κ3) is 5.83. The summed E-state index contributed by atoms with van der Waals surface area (Å²) in [4.78, 5) is 27.2. The Balaban J connectivity index is 1.49. The molecule has 2 atom stereocenters. The highest BCUT2D eigenvalue weighted by atomic mass is 32.2. The second kappa shape index (κ2) is 13.0. The van der Waals surface area contributed by atoms with E-state index in [1.54, 1.807) is 23.9 Å². The van der Waals surface area contributed by atoms with Crippen LogP contribution in [0.3, 0.4) is 0 Å². The summed E-state index contributed by atoms with van der Waals surface area (Å²) in [6.07, 6.45) is 4.01. The second-order valence-electron chi connectivity index (χ2n) is 11.8. The van der Waals surface area contributed by atoms with E-state index in [4.69, 9.17) is 11.3 Å². The number of fused-ring (bicyclic) bond motifs is 2. The molecule has 11 heteroatoms. The van der Waals surface area contributed by atoms with Crippen molar-refractivity contribution in [2.45, 2.75) is 42.7 Å². The molecule has 0 unspecified atom stereocenters. The lowest BCUT2D eigenvalue weighted by molar-refractivity contribution is -0.131. The number of hydrogen-bond acceptors (Lipinski definition) is 7. The van der Waals surface area contributed by atoms with E-state index in [2.05, 4.69) is 33.4 Å². The van der Waals surface area contributed by atoms with Gasteiger partial charge >= 0.3 is 0 Å². The number of ether oxygens (including phenoxy) is 1. The third-order valence-electron chi connectivity index (χ3n) is 9.05. The average molecular weight is 629 g/mol. The first kappa shape index (κ1) is 30.8. The number of halogens is 2. The molecule has 3 aliphatic heterocycles. The third-order valence-corrected chi connectivity index (χ3v) is 10.3. The van der Waals surface area contributed by atoms with Crippen LogP contribution >= 0.6 is 11.8 Å². The molecule has 1 aromatic heterocycles. The standard InChI is InChI=1S/C34H34F2N6O2S/c1-21(35)34(43)42-15-14-41(19-24(42)18-38-2)31-27-12-11-25(26-10-4-7-22-8-6-16-45-32(22)26)29(36)30(27)39-33(28(31)17-37)44-20-23-9-5-13-40(23)3/h4,7,10-12,23-24H,1,5-6,8-9,13-16,18-20H2,3H3/t23-,24-/m0/s1. The molecular weight excluding hydrogens is 594 g/mol. The Morgan fingerprint density at radius 2 is 2.07 bits per heavy atom. The van der Waals surface area contributed by atoms with Crippen molar-refractivity contribution in [2.24, 2.45) is 0 Å². The SMILES string of the molecule is [C-]#[N+]C[C@H]1CN(c2c(C#N)c(OC[C@@H]3CCCN3C)nc3c(F)c(-c4cccc5c4SCCC5)ccc23)CCN1C(=O)C(=C)F. The summed E-state index contributed by atoms with van der Waals surface area (Å²) >= 11 is 1.73. The first-order valence-electron chi connectivity index (χ1n) is 15.2. The molecule has 3 aromatic rings. The summed E-state index contributed by atoms with van der Waals surface area (Å²) in [5.74, 6) is -1.42. The van der Waals surface area contributed by atoms with E-state index in [1.165, 1.54) is 10.5 Å². The molecule has 45 heavy (non-hydrogen) atoms. The van der Waals surface area contributed by atoms with Gasteiger partial charge in [0.2, 0.25) is 12.4 Å². The van der Waals surface area contributed by atoms with Crippen molar-refractivity contribution >= 4 is 34.3 Å². The lowest BCUT2D eigenvalue weighted by Crippen LogP contribution is -2.56. The van der Waals surface area contributed by atoms with Crippen LogP contribution in [0.5, 0.6) is 5.88 Å². The van der Waals surface area contributed by atoms with E-state index in [-0.39, 0.29) is 49.2 Å². The minimum absolute atomic E-state index is 0.0539. The first-order valence-corrected chi connectivity index (χ1v) is 16.2. The minimum Gasteiger partial charge on any atom is -0.475 e. The molecule has 8 nitrogen and oxygen atoms in total. The Morgan fingerprint density at radius 1 is 1.22 bits per heavy atom. The molecule has 0 N–H and O–H groups in total. The van der Waals surface area contributed by atoms with E-state index in [9.17, 15) is 14.4 Å². The number of benzene rings is 2. The van der Waals surface area contributed by atoms with Crippen LogP contribution in [0.1, 0.15) is 30.4 Å². The molecule has 4 heterocycles. The number of thioether (sulfide) groups is 1. The van der Waals surface area contributed by atoms with Gasteiger partial charge in [0.05, 0.1) is 5.69 Å². The summed E-state index contributed by atoms with van der Waals surface area (Å²) < 4.78 is 36.9. The zero-order valence-electron chi connectivity index (χ0n) is 25.2. The number of hydrogen-bond donors (Lipinski definition) is 0. The number of anilines is 1. The largest absolute Gasteiger partial charge is 0.475 e. The van der Waals surface area contributed by atoms with Crippen molar-refractivity contribution < 1.29 is 18.3 Å². The number of carbonyl (C=O) groups is 1. The fourth-order valence-electron chi connectivity index (χ4n) is 6.71. The molecule has 2 aromatic carbocycles. The molecule has 1 amide bonds. The van der Waals surface area contributed by atoms with Gasteiger partial charge in [-0.1, -0.05) is 30.8 Å². The number of pyridine rings is 1. The highest BCUT2D eigenvalue weighted by Gasteiger charge is 2.36. The van der Waals surface area contributed by atoms with Crippen LogP contribution in [0.15, 0.2) is 47.6 Å². The number of rotatable bonds is 7. The maximum Gasteiger partial charge on any atom is 0.282 e. The maximum absolute atomic E-state index is 16.8. The summed E-state index contributed by atoms with van der Waals surface area (Å²) in [6, 6.07) is 11.3. The highest BCUT2D eigenvalue weighted by Crippen LogP contribution is 2.43. The van der Waals surface area contributed by atoms with Gasteiger partial charge in [-0.25, -0.2) is 20.3 Å². The zero-order chi connectivity index (χ0) is 31.7.